The van der Waals surface area contributed by atoms with Crippen LogP contribution in [0, 0.1) is 0 Å². The molecule has 0 aliphatic carbocycles. The summed E-state index contributed by atoms with van der Waals surface area (Å²) in [5.74, 6) is -0.651. The summed E-state index contributed by atoms with van der Waals surface area (Å²) in [6.07, 6.45) is 10.9. The minimum Gasteiger partial charge on any atom is -0.462 e. The molecule has 0 aromatic heterocycles. The molecule has 26 heavy (non-hydrogen) atoms. The maximum Gasteiger partial charge on any atom is 0.334 e. The van der Waals surface area contributed by atoms with E-state index in [2.05, 4.69) is 27.7 Å². The number of rotatable bonds is 16. The topological polar surface area (TPSA) is 52.6 Å². The fraction of sp³-hybridized carbons (Fsp3) is 0.818. The van der Waals surface area contributed by atoms with Crippen molar-refractivity contribution in [2.45, 2.75) is 105 Å². The summed E-state index contributed by atoms with van der Waals surface area (Å²) < 4.78 is 10.9. The van der Waals surface area contributed by atoms with Crippen molar-refractivity contribution in [3.05, 3.63) is 11.1 Å². The standard InChI is InChI=1S/C22H40O4/c1-5-9-13-15-19(21(23)25-17-11-7-3)20(16-14-10-6-2)22(24)26-18-12-8-4/h5-18H2,1-4H3. The van der Waals surface area contributed by atoms with Crippen LogP contribution < -0.4 is 0 Å². The molecule has 0 rings (SSSR count). The van der Waals surface area contributed by atoms with Crippen molar-refractivity contribution in [2.75, 3.05) is 13.2 Å². The fourth-order valence-electron chi connectivity index (χ4n) is 2.65. The van der Waals surface area contributed by atoms with Gasteiger partial charge in [0.1, 0.15) is 0 Å². The van der Waals surface area contributed by atoms with Gasteiger partial charge in [-0.25, -0.2) is 9.59 Å². The highest BCUT2D eigenvalue weighted by molar-refractivity contribution is 6.00. The van der Waals surface area contributed by atoms with E-state index in [-0.39, 0.29) is 11.9 Å². The molecule has 4 heteroatoms. The molecule has 0 heterocycles. The van der Waals surface area contributed by atoms with Gasteiger partial charge in [0.2, 0.25) is 0 Å². The van der Waals surface area contributed by atoms with Crippen LogP contribution in [0.3, 0.4) is 0 Å². The predicted molar refractivity (Wildman–Crippen MR) is 107 cm³/mol. The molecule has 4 nitrogen and oxygen atoms in total. The van der Waals surface area contributed by atoms with Crippen molar-refractivity contribution in [1.82, 2.24) is 0 Å². The molecule has 0 aliphatic rings. The minimum atomic E-state index is -0.325. The smallest absolute Gasteiger partial charge is 0.334 e. The molecule has 0 spiro atoms. The highest BCUT2D eigenvalue weighted by Gasteiger charge is 2.22. The molecular weight excluding hydrogens is 328 g/mol. The molecule has 0 aromatic carbocycles. The summed E-state index contributed by atoms with van der Waals surface area (Å²) in [6, 6.07) is 0. The van der Waals surface area contributed by atoms with E-state index < -0.39 is 0 Å². The lowest BCUT2D eigenvalue weighted by atomic mass is 9.97. The Morgan fingerprint density at radius 3 is 1.19 bits per heavy atom. The first-order chi connectivity index (χ1) is 12.6. The van der Waals surface area contributed by atoms with E-state index in [1.165, 1.54) is 0 Å². The molecule has 0 radical (unpaired) electrons. The van der Waals surface area contributed by atoms with Crippen molar-refractivity contribution in [3.8, 4) is 0 Å². The van der Waals surface area contributed by atoms with Crippen LogP contribution in [0.4, 0.5) is 0 Å². The van der Waals surface area contributed by atoms with Gasteiger partial charge in [0, 0.05) is 11.1 Å². The molecule has 0 aromatic rings. The average molecular weight is 369 g/mol. The number of esters is 2. The third-order valence-corrected chi connectivity index (χ3v) is 4.38. The molecule has 152 valence electrons. The van der Waals surface area contributed by atoms with Crippen molar-refractivity contribution in [3.63, 3.8) is 0 Å². The summed E-state index contributed by atoms with van der Waals surface area (Å²) in [6.45, 7) is 9.22. The second-order valence-electron chi connectivity index (χ2n) is 6.85. The second-order valence-corrected chi connectivity index (χ2v) is 6.85. The van der Waals surface area contributed by atoms with E-state index >= 15 is 0 Å². The van der Waals surface area contributed by atoms with E-state index in [4.69, 9.17) is 9.47 Å². The van der Waals surface area contributed by atoms with Crippen LogP contribution in [0.2, 0.25) is 0 Å². The van der Waals surface area contributed by atoms with Gasteiger partial charge in [0.05, 0.1) is 13.2 Å². The Labute approximate surface area is 160 Å². The van der Waals surface area contributed by atoms with Gasteiger partial charge in [0.25, 0.3) is 0 Å². The van der Waals surface area contributed by atoms with Gasteiger partial charge in [-0.05, 0) is 38.5 Å². The van der Waals surface area contributed by atoms with Gasteiger partial charge in [-0.3, -0.25) is 0 Å². The third kappa shape index (κ3) is 11.3. The van der Waals surface area contributed by atoms with Crippen molar-refractivity contribution >= 4 is 11.9 Å². The van der Waals surface area contributed by atoms with Gasteiger partial charge >= 0.3 is 11.9 Å². The average Bonchev–Trinajstić information content (AvgIpc) is 2.63. The van der Waals surface area contributed by atoms with E-state index in [1.807, 2.05) is 0 Å². The highest BCUT2D eigenvalue weighted by Crippen LogP contribution is 2.22. The van der Waals surface area contributed by atoms with E-state index in [1.54, 1.807) is 0 Å². The minimum absolute atomic E-state index is 0.325. The number of ether oxygens (including phenoxy) is 2. The van der Waals surface area contributed by atoms with Gasteiger partial charge < -0.3 is 9.47 Å². The quantitative estimate of drug-likeness (QED) is 0.187. The number of carbonyl (C=O) groups excluding carboxylic acids is 2. The lowest BCUT2D eigenvalue weighted by Crippen LogP contribution is -2.18. The fourth-order valence-corrected chi connectivity index (χ4v) is 2.65. The summed E-state index contributed by atoms with van der Waals surface area (Å²) in [4.78, 5) is 25.3. The van der Waals surface area contributed by atoms with Crippen molar-refractivity contribution < 1.29 is 19.1 Å². The van der Waals surface area contributed by atoms with E-state index in [0.29, 0.717) is 37.2 Å². The molecule has 0 unspecified atom stereocenters. The third-order valence-electron chi connectivity index (χ3n) is 4.38. The van der Waals surface area contributed by atoms with Crippen LogP contribution in [0.1, 0.15) is 105 Å². The van der Waals surface area contributed by atoms with Crippen LogP contribution in [0.15, 0.2) is 11.1 Å². The first-order valence-electron chi connectivity index (χ1n) is 10.7. The first kappa shape index (κ1) is 24.7. The summed E-state index contributed by atoms with van der Waals surface area (Å²) in [7, 11) is 0. The Bertz CT molecular complexity index is 374. The van der Waals surface area contributed by atoms with E-state index in [0.717, 1.165) is 64.2 Å². The molecule has 0 bridgehead atoms. The lowest BCUT2D eigenvalue weighted by molar-refractivity contribution is -0.142. The predicted octanol–water partition coefficient (Wildman–Crippen LogP) is 6.13. The largest absolute Gasteiger partial charge is 0.462 e. The summed E-state index contributed by atoms with van der Waals surface area (Å²) in [5, 5.41) is 0. The van der Waals surface area contributed by atoms with Crippen LogP contribution in [-0.2, 0) is 19.1 Å². The zero-order valence-corrected chi connectivity index (χ0v) is 17.5. The van der Waals surface area contributed by atoms with Crippen LogP contribution in [0.25, 0.3) is 0 Å². The molecular formula is C22H40O4. The summed E-state index contributed by atoms with van der Waals surface area (Å²) in [5.41, 5.74) is 1.10. The second kappa shape index (κ2) is 17.1. The van der Waals surface area contributed by atoms with Crippen molar-refractivity contribution in [2.24, 2.45) is 0 Å². The molecule has 0 saturated heterocycles. The SMILES string of the molecule is CCCCCC(C(=O)OCCCC)=C(CCCCC)C(=O)OCCCC. The Hall–Kier alpha value is -1.32. The zero-order chi connectivity index (χ0) is 19.6. The van der Waals surface area contributed by atoms with Crippen LogP contribution in [-0.4, -0.2) is 25.2 Å². The lowest BCUT2D eigenvalue weighted by Gasteiger charge is -2.15. The van der Waals surface area contributed by atoms with Crippen LogP contribution >= 0.6 is 0 Å². The molecule has 0 N–H and O–H groups in total. The Morgan fingerprint density at radius 1 is 0.538 bits per heavy atom. The van der Waals surface area contributed by atoms with Gasteiger partial charge in [-0.2, -0.15) is 0 Å². The van der Waals surface area contributed by atoms with Gasteiger partial charge in [0.15, 0.2) is 0 Å². The Kier molecular flexibility index (Phi) is 16.2. The number of unbranched alkanes of at least 4 members (excludes halogenated alkanes) is 6. The molecule has 0 atom stereocenters. The molecule has 0 aliphatic heterocycles. The molecule has 0 fully saturated rings. The number of carbonyl (C=O) groups is 2. The monoisotopic (exact) mass is 368 g/mol. The normalized spacial score (nSPS) is 11.8. The van der Waals surface area contributed by atoms with Gasteiger partial charge in [-0.1, -0.05) is 66.2 Å². The van der Waals surface area contributed by atoms with Crippen LogP contribution in [0.5, 0.6) is 0 Å². The maximum absolute atomic E-state index is 12.6. The van der Waals surface area contributed by atoms with E-state index in [9.17, 15) is 9.59 Å². The number of hydrogen-bond acceptors (Lipinski definition) is 4. The Balaban J connectivity index is 5.33. The molecule has 0 saturated carbocycles. The molecule has 0 amide bonds. The first-order valence-corrected chi connectivity index (χ1v) is 10.7. The zero-order valence-electron chi connectivity index (χ0n) is 17.5. The highest BCUT2D eigenvalue weighted by atomic mass is 16.5. The van der Waals surface area contributed by atoms with Gasteiger partial charge in [-0.15, -0.1) is 0 Å². The summed E-state index contributed by atoms with van der Waals surface area (Å²) >= 11 is 0. The number of hydrogen-bond donors (Lipinski definition) is 0. The van der Waals surface area contributed by atoms with Crippen molar-refractivity contribution in [1.29, 1.82) is 0 Å². The Morgan fingerprint density at radius 2 is 0.885 bits per heavy atom. The maximum atomic E-state index is 12.6.